The summed E-state index contributed by atoms with van der Waals surface area (Å²) in [5.74, 6) is 1.01. The molecule has 1 N–H and O–H groups in total. The van der Waals surface area contributed by atoms with Gasteiger partial charge in [0.15, 0.2) is 0 Å². The normalized spacial score (nSPS) is 31.9. The molecule has 0 aromatic rings. The maximum absolute atomic E-state index is 12.1. The van der Waals surface area contributed by atoms with Gasteiger partial charge in [0.25, 0.3) is 0 Å². The Morgan fingerprint density at radius 1 is 1.56 bits per heavy atom. The number of alkyl halides is 1. The summed E-state index contributed by atoms with van der Waals surface area (Å²) < 4.78 is 0. The van der Waals surface area contributed by atoms with Gasteiger partial charge in [-0.05, 0) is 24.7 Å². The maximum atomic E-state index is 12.1. The van der Waals surface area contributed by atoms with Gasteiger partial charge in [0.05, 0.1) is 17.7 Å². The second-order valence-electron chi connectivity index (χ2n) is 5.62. The van der Waals surface area contributed by atoms with Crippen molar-refractivity contribution in [1.29, 1.82) is 0 Å². The number of nitrogens with one attached hydrogen (secondary N) is 1. The second-order valence-corrected chi connectivity index (χ2v) is 6.00. The molecular weight excluding hydrogens is 224 g/mol. The molecular formula is C12H19ClN2O. The molecule has 1 aliphatic carbocycles. The van der Waals surface area contributed by atoms with Gasteiger partial charge in [0.2, 0.25) is 0 Å². The number of ketones is 1. The van der Waals surface area contributed by atoms with Crippen LogP contribution >= 0.6 is 11.6 Å². The van der Waals surface area contributed by atoms with Crippen molar-refractivity contribution in [2.75, 3.05) is 5.88 Å². The summed E-state index contributed by atoms with van der Waals surface area (Å²) >= 11 is 5.68. The van der Waals surface area contributed by atoms with Crippen LogP contribution in [0.3, 0.4) is 0 Å². The first kappa shape index (κ1) is 11.9. The van der Waals surface area contributed by atoms with Crippen molar-refractivity contribution < 1.29 is 4.79 Å². The SMILES string of the molecule is CC1(C)CC(=O)[C@H]2C(CCCCl)=NN[C@H]2C1. The summed E-state index contributed by atoms with van der Waals surface area (Å²) in [6.45, 7) is 4.30. The minimum atomic E-state index is 0.0243. The third-order valence-electron chi connectivity index (χ3n) is 3.47. The Hall–Kier alpha value is -0.570. The standard InChI is InChI=1S/C12H19ClN2O/c1-12(2)6-9-11(10(16)7-12)8(14-15-9)4-3-5-13/h9,11,15H,3-7H2,1-2H3/t9-,11-/m0/s1. The van der Waals surface area contributed by atoms with E-state index in [0.717, 1.165) is 25.0 Å². The van der Waals surface area contributed by atoms with Gasteiger partial charge < -0.3 is 5.43 Å². The number of nitrogens with zero attached hydrogens (tertiary/aromatic N) is 1. The van der Waals surface area contributed by atoms with Gasteiger partial charge in [-0.3, -0.25) is 4.79 Å². The van der Waals surface area contributed by atoms with Crippen LogP contribution in [0.15, 0.2) is 5.10 Å². The van der Waals surface area contributed by atoms with Crippen LogP contribution in [0.1, 0.15) is 39.5 Å². The Bertz CT molecular complexity index is 325. The number of Topliss-reactive ketones (excluding diaryl/α,β-unsaturated/α-hetero) is 1. The molecule has 0 saturated heterocycles. The minimum absolute atomic E-state index is 0.0243. The van der Waals surface area contributed by atoms with E-state index in [1.54, 1.807) is 0 Å². The topological polar surface area (TPSA) is 41.5 Å². The number of hydrogen-bond acceptors (Lipinski definition) is 3. The van der Waals surface area contributed by atoms with Crippen LogP contribution in [-0.4, -0.2) is 23.4 Å². The smallest absolute Gasteiger partial charge is 0.144 e. The van der Waals surface area contributed by atoms with E-state index in [2.05, 4.69) is 24.4 Å². The first-order valence-electron chi connectivity index (χ1n) is 5.94. The zero-order chi connectivity index (χ0) is 11.8. The Labute approximate surface area is 102 Å². The van der Waals surface area contributed by atoms with Crippen LogP contribution in [0, 0.1) is 11.3 Å². The summed E-state index contributed by atoms with van der Waals surface area (Å²) in [4.78, 5) is 12.1. The highest BCUT2D eigenvalue weighted by Gasteiger charge is 2.45. The first-order valence-corrected chi connectivity index (χ1v) is 6.47. The highest BCUT2D eigenvalue weighted by molar-refractivity contribution is 6.18. The molecule has 1 saturated carbocycles. The molecule has 2 aliphatic rings. The molecule has 0 unspecified atom stereocenters. The lowest BCUT2D eigenvalue weighted by molar-refractivity contribution is -0.126. The lowest BCUT2D eigenvalue weighted by atomic mass is 9.68. The van der Waals surface area contributed by atoms with Crippen molar-refractivity contribution in [1.82, 2.24) is 5.43 Å². The fraction of sp³-hybridized carbons (Fsp3) is 0.833. The van der Waals surface area contributed by atoms with Crippen molar-refractivity contribution in [2.45, 2.75) is 45.6 Å². The molecule has 0 bridgehead atoms. The Morgan fingerprint density at radius 2 is 2.31 bits per heavy atom. The second kappa shape index (κ2) is 4.36. The molecule has 0 spiro atoms. The fourth-order valence-electron chi connectivity index (χ4n) is 2.82. The molecule has 4 heteroatoms. The number of hydrazone groups is 1. The lowest BCUT2D eigenvalue weighted by Crippen LogP contribution is -2.45. The maximum Gasteiger partial charge on any atom is 0.144 e. The number of carbonyl (C=O) groups excluding carboxylic acids is 1. The molecule has 1 heterocycles. The van der Waals surface area contributed by atoms with Crippen molar-refractivity contribution in [2.24, 2.45) is 16.4 Å². The summed E-state index contributed by atoms with van der Waals surface area (Å²) in [7, 11) is 0. The van der Waals surface area contributed by atoms with E-state index < -0.39 is 0 Å². The van der Waals surface area contributed by atoms with Crippen LogP contribution < -0.4 is 5.43 Å². The van der Waals surface area contributed by atoms with Gasteiger partial charge in [-0.25, -0.2) is 0 Å². The van der Waals surface area contributed by atoms with Gasteiger partial charge in [-0.15, -0.1) is 11.6 Å². The molecule has 1 aliphatic heterocycles. The third-order valence-corrected chi connectivity index (χ3v) is 3.74. The van der Waals surface area contributed by atoms with Crippen LogP contribution in [0.25, 0.3) is 0 Å². The molecule has 0 aromatic heterocycles. The van der Waals surface area contributed by atoms with Crippen LogP contribution in [0.4, 0.5) is 0 Å². The fourth-order valence-corrected chi connectivity index (χ4v) is 2.96. The van der Waals surface area contributed by atoms with E-state index in [4.69, 9.17) is 11.6 Å². The van der Waals surface area contributed by atoms with Crippen molar-refractivity contribution in [3.8, 4) is 0 Å². The van der Waals surface area contributed by atoms with Gasteiger partial charge in [0.1, 0.15) is 5.78 Å². The number of fused-ring (bicyclic) bond motifs is 1. The van der Waals surface area contributed by atoms with E-state index in [1.807, 2.05) is 0 Å². The van der Waals surface area contributed by atoms with Crippen LogP contribution in [0.5, 0.6) is 0 Å². The molecule has 16 heavy (non-hydrogen) atoms. The van der Waals surface area contributed by atoms with E-state index in [0.29, 0.717) is 18.1 Å². The number of hydrogen-bond donors (Lipinski definition) is 1. The summed E-state index contributed by atoms with van der Waals surface area (Å²) in [6.07, 6.45) is 3.46. The largest absolute Gasteiger partial charge is 0.306 e. The average molecular weight is 243 g/mol. The molecule has 0 amide bonds. The van der Waals surface area contributed by atoms with Gasteiger partial charge in [-0.1, -0.05) is 13.8 Å². The number of rotatable bonds is 3. The molecule has 2 rings (SSSR count). The first-order chi connectivity index (χ1) is 7.53. The predicted molar refractivity (Wildman–Crippen MR) is 65.8 cm³/mol. The summed E-state index contributed by atoms with van der Waals surface area (Å²) in [5, 5.41) is 4.32. The monoisotopic (exact) mass is 242 g/mol. The Morgan fingerprint density at radius 3 is 3.00 bits per heavy atom. The zero-order valence-electron chi connectivity index (χ0n) is 9.92. The van der Waals surface area contributed by atoms with E-state index in [9.17, 15) is 4.79 Å². The average Bonchev–Trinajstić information content (AvgIpc) is 2.56. The van der Waals surface area contributed by atoms with Crippen molar-refractivity contribution >= 4 is 23.1 Å². The van der Waals surface area contributed by atoms with Gasteiger partial charge >= 0.3 is 0 Å². The third kappa shape index (κ3) is 2.24. The Kier molecular flexibility index (Phi) is 3.24. The molecule has 90 valence electrons. The zero-order valence-corrected chi connectivity index (χ0v) is 10.7. The van der Waals surface area contributed by atoms with E-state index in [-0.39, 0.29) is 17.4 Å². The molecule has 3 nitrogen and oxygen atoms in total. The predicted octanol–water partition coefficient (Wildman–Crippen LogP) is 2.34. The highest BCUT2D eigenvalue weighted by Crippen LogP contribution is 2.39. The number of carbonyl (C=O) groups is 1. The van der Waals surface area contributed by atoms with E-state index >= 15 is 0 Å². The summed E-state index contributed by atoms with van der Waals surface area (Å²) in [6, 6.07) is 0.224. The summed E-state index contributed by atoms with van der Waals surface area (Å²) in [5.41, 5.74) is 4.26. The van der Waals surface area contributed by atoms with Gasteiger partial charge in [-0.2, -0.15) is 5.10 Å². The van der Waals surface area contributed by atoms with Crippen molar-refractivity contribution in [3.05, 3.63) is 0 Å². The van der Waals surface area contributed by atoms with Crippen molar-refractivity contribution in [3.63, 3.8) is 0 Å². The lowest BCUT2D eigenvalue weighted by Gasteiger charge is -2.36. The van der Waals surface area contributed by atoms with Gasteiger partial charge in [0, 0.05) is 12.3 Å². The highest BCUT2D eigenvalue weighted by atomic mass is 35.5. The van der Waals surface area contributed by atoms with Crippen LogP contribution in [-0.2, 0) is 4.79 Å². The van der Waals surface area contributed by atoms with E-state index in [1.165, 1.54) is 0 Å². The Balaban J connectivity index is 2.06. The molecule has 0 aromatic carbocycles. The molecule has 1 fully saturated rings. The van der Waals surface area contributed by atoms with Crippen LogP contribution in [0.2, 0.25) is 0 Å². The quantitative estimate of drug-likeness (QED) is 0.772. The molecule has 0 radical (unpaired) electrons. The minimum Gasteiger partial charge on any atom is -0.306 e. The molecule has 2 atom stereocenters. The number of halogens is 1.